The van der Waals surface area contributed by atoms with Gasteiger partial charge in [-0.25, -0.2) is 0 Å². The second-order valence-electron chi connectivity index (χ2n) is 4.52. The molecule has 0 saturated carbocycles. The number of rotatable bonds is 4. The summed E-state index contributed by atoms with van der Waals surface area (Å²) in [5, 5.41) is 3.53. The van der Waals surface area contributed by atoms with Crippen molar-refractivity contribution in [3.8, 4) is 0 Å². The number of carbonyl (C=O) groups is 1. The van der Waals surface area contributed by atoms with Crippen molar-refractivity contribution in [1.82, 2.24) is 5.32 Å². The van der Waals surface area contributed by atoms with Crippen molar-refractivity contribution in [3.05, 3.63) is 30.0 Å². The van der Waals surface area contributed by atoms with Crippen LogP contribution in [0.25, 0.3) is 11.0 Å². The molecule has 0 aliphatic heterocycles. The minimum atomic E-state index is -0.948. The van der Waals surface area contributed by atoms with Crippen molar-refractivity contribution in [2.45, 2.75) is 13.0 Å². The van der Waals surface area contributed by atoms with Crippen LogP contribution in [0.4, 0.5) is 5.69 Å². The van der Waals surface area contributed by atoms with Crippen LogP contribution in [-0.2, 0) is 10.8 Å². The van der Waals surface area contributed by atoms with Crippen LogP contribution in [0.2, 0.25) is 0 Å². The van der Waals surface area contributed by atoms with Gasteiger partial charge >= 0.3 is 0 Å². The third-order valence-electron chi connectivity index (χ3n) is 2.63. The minimum Gasteiger partial charge on any atom is -0.451 e. The first-order valence-corrected chi connectivity index (χ1v) is 7.58. The highest BCUT2D eigenvalue weighted by Crippen LogP contribution is 2.21. The Labute approximate surface area is 113 Å². The smallest absolute Gasteiger partial charge is 0.287 e. The first-order chi connectivity index (χ1) is 8.95. The highest BCUT2D eigenvalue weighted by Gasteiger charge is 2.15. The average Bonchev–Trinajstić information content (AvgIpc) is 2.70. The molecule has 1 amide bonds. The van der Waals surface area contributed by atoms with Gasteiger partial charge in [-0.05, 0) is 31.2 Å². The number of benzene rings is 1. The molecule has 2 atom stereocenters. The van der Waals surface area contributed by atoms with E-state index in [1.807, 2.05) is 0 Å². The second-order valence-corrected chi connectivity index (χ2v) is 6.00. The van der Waals surface area contributed by atoms with Gasteiger partial charge in [0.1, 0.15) is 5.58 Å². The molecular weight excluding hydrogens is 264 g/mol. The van der Waals surface area contributed by atoms with Gasteiger partial charge in [0.25, 0.3) is 5.91 Å². The first-order valence-electron chi connectivity index (χ1n) is 5.85. The van der Waals surface area contributed by atoms with E-state index in [2.05, 4.69) is 5.32 Å². The number of nitrogens with two attached hydrogens (primary N) is 1. The Kier molecular flexibility index (Phi) is 3.90. The van der Waals surface area contributed by atoms with Crippen LogP contribution in [0.5, 0.6) is 0 Å². The number of hydrogen-bond acceptors (Lipinski definition) is 4. The number of nitrogens with one attached hydrogen (secondary N) is 1. The summed E-state index contributed by atoms with van der Waals surface area (Å²) in [4.78, 5) is 12.0. The third kappa shape index (κ3) is 3.35. The Bertz CT molecular complexity index is 636. The van der Waals surface area contributed by atoms with Gasteiger partial charge in [-0.1, -0.05) is 0 Å². The Balaban J connectivity index is 2.15. The number of amides is 1. The fourth-order valence-electron chi connectivity index (χ4n) is 1.86. The van der Waals surface area contributed by atoms with E-state index in [4.69, 9.17) is 10.2 Å². The zero-order chi connectivity index (χ0) is 14.0. The molecular formula is C13H16N2O3S. The van der Waals surface area contributed by atoms with Crippen LogP contribution >= 0.6 is 0 Å². The summed E-state index contributed by atoms with van der Waals surface area (Å²) in [5.41, 5.74) is 6.91. The lowest BCUT2D eigenvalue weighted by atomic mass is 10.2. The van der Waals surface area contributed by atoms with Crippen LogP contribution in [0.15, 0.2) is 28.7 Å². The highest BCUT2D eigenvalue weighted by atomic mass is 32.2. The number of carbonyl (C=O) groups excluding carboxylic acids is 1. The molecule has 2 rings (SSSR count). The van der Waals surface area contributed by atoms with Crippen LogP contribution < -0.4 is 11.1 Å². The van der Waals surface area contributed by atoms with Gasteiger partial charge in [-0.3, -0.25) is 9.00 Å². The van der Waals surface area contributed by atoms with E-state index in [0.29, 0.717) is 17.0 Å². The lowest BCUT2D eigenvalue weighted by molar-refractivity contribution is 0.0918. The number of furan rings is 1. The van der Waals surface area contributed by atoms with Gasteiger partial charge in [0.15, 0.2) is 5.76 Å². The molecule has 6 heteroatoms. The van der Waals surface area contributed by atoms with Gasteiger partial charge in [0.05, 0.1) is 0 Å². The Morgan fingerprint density at radius 2 is 2.21 bits per heavy atom. The maximum Gasteiger partial charge on any atom is 0.287 e. The number of nitrogen functional groups attached to an aromatic ring is 1. The predicted octanol–water partition coefficient (Wildman–Crippen LogP) is 1.51. The second kappa shape index (κ2) is 5.44. The maximum absolute atomic E-state index is 12.0. The normalized spacial score (nSPS) is 14.2. The molecule has 5 nitrogen and oxygen atoms in total. The van der Waals surface area contributed by atoms with E-state index < -0.39 is 10.8 Å². The summed E-state index contributed by atoms with van der Waals surface area (Å²) in [5.74, 6) is 0.334. The Morgan fingerprint density at radius 1 is 1.47 bits per heavy atom. The molecule has 0 aliphatic rings. The van der Waals surface area contributed by atoms with Gasteiger partial charge in [-0.15, -0.1) is 0 Å². The van der Waals surface area contributed by atoms with Crippen molar-refractivity contribution < 1.29 is 13.4 Å². The van der Waals surface area contributed by atoms with Crippen molar-refractivity contribution in [2.75, 3.05) is 17.7 Å². The molecule has 0 saturated heterocycles. The van der Waals surface area contributed by atoms with Crippen molar-refractivity contribution in [3.63, 3.8) is 0 Å². The zero-order valence-electron chi connectivity index (χ0n) is 10.8. The Hall–Kier alpha value is -1.82. The van der Waals surface area contributed by atoms with E-state index in [1.165, 1.54) is 0 Å². The third-order valence-corrected chi connectivity index (χ3v) is 3.60. The molecule has 19 heavy (non-hydrogen) atoms. The summed E-state index contributed by atoms with van der Waals surface area (Å²) >= 11 is 0. The van der Waals surface area contributed by atoms with Gasteiger partial charge in [0, 0.05) is 39.9 Å². The first kappa shape index (κ1) is 13.6. The molecule has 0 bridgehead atoms. The topological polar surface area (TPSA) is 85.3 Å². The summed E-state index contributed by atoms with van der Waals surface area (Å²) in [7, 11) is -0.948. The lowest BCUT2D eigenvalue weighted by Crippen LogP contribution is -2.35. The fraction of sp³-hybridized carbons (Fsp3) is 0.308. The average molecular weight is 280 g/mol. The van der Waals surface area contributed by atoms with E-state index in [1.54, 1.807) is 37.4 Å². The van der Waals surface area contributed by atoms with Crippen molar-refractivity contribution in [1.29, 1.82) is 0 Å². The minimum absolute atomic E-state index is 0.170. The quantitative estimate of drug-likeness (QED) is 0.831. The predicted molar refractivity (Wildman–Crippen MR) is 76.5 cm³/mol. The molecule has 0 spiro atoms. The molecule has 0 fully saturated rings. The molecule has 0 aliphatic carbocycles. The van der Waals surface area contributed by atoms with Crippen molar-refractivity contribution >= 4 is 33.4 Å². The van der Waals surface area contributed by atoms with Crippen LogP contribution in [0.1, 0.15) is 17.5 Å². The van der Waals surface area contributed by atoms with Crippen molar-refractivity contribution in [2.24, 2.45) is 0 Å². The van der Waals surface area contributed by atoms with E-state index in [-0.39, 0.29) is 17.7 Å². The fourth-order valence-corrected chi connectivity index (χ4v) is 2.65. The largest absolute Gasteiger partial charge is 0.451 e. The Morgan fingerprint density at radius 3 is 2.89 bits per heavy atom. The molecule has 102 valence electrons. The number of hydrogen-bond donors (Lipinski definition) is 2. The summed E-state index contributed by atoms with van der Waals surface area (Å²) in [6.07, 6.45) is 1.60. The van der Waals surface area contributed by atoms with Gasteiger partial charge in [-0.2, -0.15) is 0 Å². The molecule has 3 N–H and O–H groups in total. The standard InChI is InChI=1S/C13H16N2O3S/c1-8(7-19(2)17)15-13(16)12-6-9-5-10(14)3-4-11(9)18-12/h3-6,8H,7,14H2,1-2H3,(H,15,16). The van der Waals surface area contributed by atoms with Crippen LogP contribution in [0.3, 0.4) is 0 Å². The molecule has 1 aromatic heterocycles. The number of fused-ring (bicyclic) bond motifs is 1. The summed E-state index contributed by atoms with van der Waals surface area (Å²) < 4.78 is 16.5. The monoisotopic (exact) mass is 280 g/mol. The van der Waals surface area contributed by atoms with Gasteiger partial charge in [0.2, 0.25) is 0 Å². The van der Waals surface area contributed by atoms with E-state index in [0.717, 1.165) is 5.39 Å². The van der Waals surface area contributed by atoms with Crippen LogP contribution in [-0.4, -0.2) is 28.2 Å². The number of anilines is 1. The van der Waals surface area contributed by atoms with E-state index >= 15 is 0 Å². The molecule has 1 aromatic carbocycles. The van der Waals surface area contributed by atoms with Crippen LogP contribution in [0, 0.1) is 0 Å². The molecule has 0 radical (unpaired) electrons. The highest BCUT2D eigenvalue weighted by molar-refractivity contribution is 7.84. The zero-order valence-corrected chi connectivity index (χ0v) is 11.6. The lowest BCUT2D eigenvalue weighted by Gasteiger charge is -2.10. The molecule has 2 aromatic rings. The van der Waals surface area contributed by atoms with Gasteiger partial charge < -0.3 is 15.5 Å². The maximum atomic E-state index is 12.0. The van der Waals surface area contributed by atoms with E-state index in [9.17, 15) is 9.00 Å². The summed E-state index contributed by atoms with van der Waals surface area (Å²) in [6.45, 7) is 1.81. The summed E-state index contributed by atoms with van der Waals surface area (Å²) in [6, 6.07) is 6.68. The molecule has 2 unspecified atom stereocenters. The molecule has 1 heterocycles. The SMILES string of the molecule is CC(CS(C)=O)NC(=O)c1cc2cc(N)ccc2o1.